The number of phenols is 2. The fourth-order valence-corrected chi connectivity index (χ4v) is 4.18. The second-order valence-corrected chi connectivity index (χ2v) is 6.99. The molecule has 1 atom stereocenters. The van der Waals surface area contributed by atoms with Crippen LogP contribution in [0.2, 0.25) is 0 Å². The monoisotopic (exact) mass is 354 g/mol. The maximum atomic E-state index is 12.6. The summed E-state index contributed by atoms with van der Waals surface area (Å²) in [6, 6.07) is 0. The van der Waals surface area contributed by atoms with Gasteiger partial charge in [-0.3, -0.25) is 14.3 Å². The maximum absolute atomic E-state index is 12.6. The molecular formula is C19H18N2O5. The van der Waals surface area contributed by atoms with E-state index in [1.807, 2.05) is 6.92 Å². The number of carbonyl (C=O) groups is 2. The lowest BCUT2D eigenvalue weighted by Crippen LogP contribution is -2.32. The van der Waals surface area contributed by atoms with Gasteiger partial charge in [0.2, 0.25) is 0 Å². The zero-order chi connectivity index (χ0) is 19.1. The summed E-state index contributed by atoms with van der Waals surface area (Å²) in [6.07, 6.45) is 1.37. The molecule has 7 nitrogen and oxygen atoms in total. The van der Waals surface area contributed by atoms with E-state index in [0.717, 1.165) is 0 Å². The van der Waals surface area contributed by atoms with Gasteiger partial charge in [-0.05, 0) is 27.7 Å². The number of carbonyl (C=O) groups excluding carboxylic acids is 2. The van der Waals surface area contributed by atoms with Crippen LogP contribution in [0, 0.1) is 13.8 Å². The highest BCUT2D eigenvalue weighted by Crippen LogP contribution is 2.59. The molecule has 134 valence electrons. The molecular weight excluding hydrogens is 336 g/mol. The van der Waals surface area contributed by atoms with Crippen LogP contribution in [0.4, 0.5) is 0 Å². The Morgan fingerprint density at radius 1 is 1.27 bits per heavy atom. The van der Waals surface area contributed by atoms with Crippen molar-refractivity contribution in [3.05, 3.63) is 45.5 Å². The quantitative estimate of drug-likeness (QED) is 0.763. The molecule has 1 aliphatic heterocycles. The number of benzene rings is 1. The summed E-state index contributed by atoms with van der Waals surface area (Å²) in [5, 5.41) is 25.5. The summed E-state index contributed by atoms with van der Waals surface area (Å²) in [5.74, 6) is -0.716. The maximum Gasteiger partial charge on any atom is 0.193 e. The smallest absolute Gasteiger partial charge is 0.193 e. The third kappa shape index (κ3) is 1.65. The van der Waals surface area contributed by atoms with Crippen molar-refractivity contribution in [1.82, 2.24) is 9.78 Å². The fraction of sp³-hybridized carbons (Fsp3) is 0.316. The minimum absolute atomic E-state index is 0.000265. The van der Waals surface area contributed by atoms with Gasteiger partial charge in [0.1, 0.15) is 34.0 Å². The fourth-order valence-electron chi connectivity index (χ4n) is 4.18. The second kappa shape index (κ2) is 4.75. The van der Waals surface area contributed by atoms with Crippen molar-refractivity contribution in [2.75, 3.05) is 0 Å². The molecule has 2 N–H and O–H groups in total. The first kappa shape index (κ1) is 16.4. The number of rotatable bonds is 1. The lowest BCUT2D eigenvalue weighted by atomic mass is 9.72. The molecule has 7 heteroatoms. The predicted octanol–water partition coefficient (Wildman–Crippen LogP) is 2.43. The van der Waals surface area contributed by atoms with Crippen LogP contribution in [-0.4, -0.2) is 31.6 Å². The molecule has 0 radical (unpaired) electrons. The molecule has 4 rings (SSSR count). The Morgan fingerprint density at radius 2 is 1.92 bits per heavy atom. The van der Waals surface area contributed by atoms with Gasteiger partial charge >= 0.3 is 0 Å². The van der Waals surface area contributed by atoms with Crippen LogP contribution in [0.1, 0.15) is 57.1 Å². The van der Waals surface area contributed by atoms with Crippen molar-refractivity contribution in [2.24, 2.45) is 7.05 Å². The molecule has 2 aliphatic rings. The van der Waals surface area contributed by atoms with Crippen molar-refractivity contribution in [2.45, 2.75) is 33.1 Å². The number of fused-ring (bicyclic) bond motifs is 5. The second-order valence-electron chi connectivity index (χ2n) is 6.99. The Kier molecular flexibility index (Phi) is 2.99. The third-order valence-electron chi connectivity index (χ3n) is 5.40. The molecule has 0 fully saturated rings. The number of phenolic OH excluding ortho intramolecular Hbond substituents is 2. The Balaban J connectivity index is 2.19. The molecule has 0 saturated carbocycles. The predicted molar refractivity (Wildman–Crippen MR) is 92.0 cm³/mol. The van der Waals surface area contributed by atoms with Gasteiger partial charge < -0.3 is 14.9 Å². The van der Waals surface area contributed by atoms with E-state index in [1.165, 1.54) is 19.9 Å². The van der Waals surface area contributed by atoms with Gasteiger partial charge in [-0.15, -0.1) is 0 Å². The number of hydrogen-bond acceptors (Lipinski definition) is 6. The van der Waals surface area contributed by atoms with Crippen molar-refractivity contribution in [1.29, 1.82) is 0 Å². The summed E-state index contributed by atoms with van der Waals surface area (Å²) >= 11 is 0. The van der Waals surface area contributed by atoms with Crippen LogP contribution in [-0.2, 0) is 12.5 Å². The molecule has 1 aromatic heterocycles. The molecule has 0 unspecified atom stereocenters. The third-order valence-corrected chi connectivity index (χ3v) is 5.40. The van der Waals surface area contributed by atoms with E-state index in [0.29, 0.717) is 28.3 Å². The van der Waals surface area contributed by atoms with E-state index in [-0.39, 0.29) is 34.2 Å². The Hall–Kier alpha value is -3.09. The minimum Gasteiger partial charge on any atom is -0.507 e. The molecule has 0 bridgehead atoms. The summed E-state index contributed by atoms with van der Waals surface area (Å²) in [7, 11) is 1.72. The number of hydrogen-bond donors (Lipinski definition) is 2. The number of aromatic nitrogens is 2. The number of aromatic hydroxyl groups is 2. The van der Waals surface area contributed by atoms with Gasteiger partial charge in [0.05, 0.1) is 22.5 Å². The van der Waals surface area contributed by atoms with E-state index in [4.69, 9.17) is 4.74 Å². The van der Waals surface area contributed by atoms with Crippen LogP contribution >= 0.6 is 0 Å². The first-order valence-corrected chi connectivity index (χ1v) is 8.19. The highest BCUT2D eigenvalue weighted by Gasteiger charge is 2.54. The number of allylic oxidation sites excluding steroid dienone is 2. The van der Waals surface area contributed by atoms with Gasteiger partial charge in [0, 0.05) is 18.7 Å². The number of ether oxygens (including phenoxy) is 1. The van der Waals surface area contributed by atoms with Crippen LogP contribution < -0.4 is 4.74 Å². The first-order chi connectivity index (χ1) is 12.1. The minimum atomic E-state index is -0.999. The Bertz CT molecular complexity index is 1080. The standard InChI is InChI=1S/C19H18N2O5/c1-7-15(24)13(9(3)22)17-14(16(7)25)19(4)11(26-17)6-10(23)12-8(2)20-21(5)18(12)19/h6,24-25H,1-5H3/t19-/m0/s1. The van der Waals surface area contributed by atoms with Crippen molar-refractivity contribution in [3.63, 3.8) is 0 Å². The Morgan fingerprint density at radius 3 is 2.54 bits per heavy atom. The summed E-state index contributed by atoms with van der Waals surface area (Å²) in [4.78, 5) is 24.8. The van der Waals surface area contributed by atoms with E-state index >= 15 is 0 Å². The molecule has 2 heterocycles. The molecule has 26 heavy (non-hydrogen) atoms. The van der Waals surface area contributed by atoms with Crippen molar-refractivity contribution >= 4 is 11.6 Å². The van der Waals surface area contributed by atoms with Crippen LogP contribution in [0.25, 0.3) is 0 Å². The highest BCUT2D eigenvalue weighted by molar-refractivity contribution is 6.10. The molecule has 0 amide bonds. The van der Waals surface area contributed by atoms with Crippen molar-refractivity contribution in [3.8, 4) is 17.2 Å². The van der Waals surface area contributed by atoms with E-state index < -0.39 is 11.2 Å². The van der Waals surface area contributed by atoms with Gasteiger partial charge in [0.25, 0.3) is 0 Å². The topological polar surface area (TPSA) is 102 Å². The SMILES string of the molecule is CC(=O)c1c(O)c(C)c(O)c2c1OC1=CC(=O)c3c(C)nn(C)c3[C@@]12C. The van der Waals surface area contributed by atoms with Gasteiger partial charge in [-0.1, -0.05) is 0 Å². The summed E-state index contributed by atoms with van der Waals surface area (Å²) in [5.41, 5.74) is 1.19. The number of ketones is 2. The first-order valence-electron chi connectivity index (χ1n) is 8.19. The highest BCUT2D eigenvalue weighted by atomic mass is 16.5. The molecule has 1 aromatic carbocycles. The van der Waals surface area contributed by atoms with E-state index in [1.54, 1.807) is 18.7 Å². The molecule has 0 spiro atoms. The Labute approximate surface area is 149 Å². The van der Waals surface area contributed by atoms with Crippen LogP contribution in [0.3, 0.4) is 0 Å². The van der Waals surface area contributed by atoms with Crippen LogP contribution in [0.15, 0.2) is 11.8 Å². The number of aryl methyl sites for hydroxylation is 2. The van der Waals surface area contributed by atoms with Crippen LogP contribution in [0.5, 0.6) is 17.2 Å². The summed E-state index contributed by atoms with van der Waals surface area (Å²) in [6.45, 7) is 6.42. The largest absolute Gasteiger partial charge is 0.507 e. The van der Waals surface area contributed by atoms with Gasteiger partial charge in [-0.2, -0.15) is 5.10 Å². The average molecular weight is 354 g/mol. The lowest BCUT2D eigenvalue weighted by molar-refractivity contribution is 0.101. The number of Topliss-reactive ketones (excluding diaryl/α,β-unsaturated/α-hetero) is 1. The molecule has 1 aliphatic carbocycles. The van der Waals surface area contributed by atoms with Gasteiger partial charge in [-0.25, -0.2) is 0 Å². The zero-order valence-corrected chi connectivity index (χ0v) is 15.1. The normalized spacial score (nSPS) is 20.2. The number of nitrogens with zero attached hydrogens (tertiary/aromatic N) is 2. The lowest BCUT2D eigenvalue weighted by Gasteiger charge is -2.29. The van der Waals surface area contributed by atoms with Crippen molar-refractivity contribution < 1.29 is 24.5 Å². The molecule has 2 aromatic rings. The van der Waals surface area contributed by atoms with E-state index in [9.17, 15) is 19.8 Å². The van der Waals surface area contributed by atoms with Gasteiger partial charge in [0.15, 0.2) is 11.6 Å². The average Bonchev–Trinajstić information content (AvgIpc) is 3.00. The molecule has 0 saturated heterocycles. The summed E-state index contributed by atoms with van der Waals surface area (Å²) < 4.78 is 7.47. The van der Waals surface area contributed by atoms with E-state index in [2.05, 4.69) is 5.10 Å². The zero-order valence-electron chi connectivity index (χ0n) is 15.1.